The maximum absolute atomic E-state index is 13.4. The van der Waals surface area contributed by atoms with Gasteiger partial charge in [0, 0.05) is 36.1 Å². The lowest BCUT2D eigenvalue weighted by atomic mass is 10.1. The summed E-state index contributed by atoms with van der Waals surface area (Å²) in [7, 11) is 1.26. The van der Waals surface area contributed by atoms with E-state index in [1.54, 1.807) is 22.3 Å². The minimum atomic E-state index is -0.638. The molecule has 2 aromatic rings. The summed E-state index contributed by atoms with van der Waals surface area (Å²) in [5.74, 6) is -0.573. The fraction of sp³-hybridized carbons (Fsp3) is 0.450. The van der Waals surface area contributed by atoms with Gasteiger partial charge in [-0.05, 0) is 38.3 Å². The first-order chi connectivity index (χ1) is 14.0. The molecule has 4 heterocycles. The van der Waals surface area contributed by atoms with Crippen LogP contribution in [0.25, 0.3) is 0 Å². The van der Waals surface area contributed by atoms with E-state index < -0.39 is 5.97 Å². The lowest BCUT2D eigenvalue weighted by Crippen LogP contribution is -2.32. The fourth-order valence-electron chi connectivity index (χ4n) is 3.83. The SMILES string of the molecule is COC(=O)c1cc(C(=O)N2CCC[C@@H]2c2nc(C)cs2)cc(N2CCCC2=O)n1. The van der Waals surface area contributed by atoms with Crippen molar-refractivity contribution in [3.05, 3.63) is 39.5 Å². The molecule has 2 aliphatic rings. The number of pyridine rings is 1. The van der Waals surface area contributed by atoms with Crippen molar-refractivity contribution in [2.75, 3.05) is 25.1 Å². The van der Waals surface area contributed by atoms with Crippen LogP contribution in [0.2, 0.25) is 0 Å². The lowest BCUT2D eigenvalue weighted by Gasteiger charge is -2.24. The number of carbonyl (C=O) groups excluding carboxylic acids is 3. The zero-order chi connectivity index (χ0) is 20.5. The summed E-state index contributed by atoms with van der Waals surface area (Å²) in [5, 5.41) is 2.90. The van der Waals surface area contributed by atoms with E-state index in [1.807, 2.05) is 12.3 Å². The third kappa shape index (κ3) is 3.74. The number of rotatable bonds is 4. The molecule has 2 saturated heterocycles. The highest BCUT2D eigenvalue weighted by Gasteiger charge is 2.34. The third-order valence-corrected chi connectivity index (χ3v) is 6.30. The van der Waals surface area contributed by atoms with Gasteiger partial charge >= 0.3 is 5.97 Å². The molecule has 0 aromatic carbocycles. The van der Waals surface area contributed by atoms with Gasteiger partial charge in [0.25, 0.3) is 5.91 Å². The molecule has 0 unspecified atom stereocenters. The Morgan fingerprint density at radius 1 is 1.21 bits per heavy atom. The normalized spacial score (nSPS) is 19.1. The molecular weight excluding hydrogens is 392 g/mol. The summed E-state index contributed by atoms with van der Waals surface area (Å²) in [6.07, 6.45) is 2.90. The number of thiazole rings is 1. The Balaban J connectivity index is 1.69. The maximum atomic E-state index is 13.4. The van der Waals surface area contributed by atoms with Crippen LogP contribution < -0.4 is 4.90 Å². The Kier molecular flexibility index (Phi) is 5.31. The second-order valence-electron chi connectivity index (χ2n) is 7.22. The summed E-state index contributed by atoms with van der Waals surface area (Å²) in [4.78, 5) is 49.8. The first-order valence-electron chi connectivity index (χ1n) is 9.61. The van der Waals surface area contributed by atoms with Crippen molar-refractivity contribution in [2.24, 2.45) is 0 Å². The number of methoxy groups -OCH3 is 1. The van der Waals surface area contributed by atoms with Crippen LogP contribution in [0.5, 0.6) is 0 Å². The smallest absolute Gasteiger partial charge is 0.356 e. The van der Waals surface area contributed by atoms with Crippen molar-refractivity contribution < 1.29 is 19.1 Å². The Labute approximate surface area is 172 Å². The number of hydrogen-bond acceptors (Lipinski definition) is 7. The van der Waals surface area contributed by atoms with Gasteiger partial charge in [-0.3, -0.25) is 14.5 Å². The van der Waals surface area contributed by atoms with Gasteiger partial charge < -0.3 is 9.64 Å². The predicted molar refractivity (Wildman–Crippen MR) is 107 cm³/mol. The Morgan fingerprint density at radius 2 is 2.03 bits per heavy atom. The van der Waals surface area contributed by atoms with Crippen LogP contribution >= 0.6 is 11.3 Å². The highest BCUT2D eigenvalue weighted by molar-refractivity contribution is 7.09. The number of amides is 2. The molecule has 0 radical (unpaired) electrons. The molecule has 0 N–H and O–H groups in total. The van der Waals surface area contributed by atoms with Gasteiger partial charge in [-0.2, -0.15) is 0 Å². The van der Waals surface area contributed by atoms with E-state index in [0.29, 0.717) is 30.9 Å². The zero-order valence-electron chi connectivity index (χ0n) is 16.4. The molecule has 8 nitrogen and oxygen atoms in total. The molecule has 2 amide bonds. The molecular formula is C20H22N4O4S. The van der Waals surface area contributed by atoms with Crippen LogP contribution in [-0.4, -0.2) is 52.9 Å². The van der Waals surface area contributed by atoms with Gasteiger partial charge in [-0.15, -0.1) is 11.3 Å². The highest BCUT2D eigenvalue weighted by atomic mass is 32.1. The minimum absolute atomic E-state index is 0.0221. The fourth-order valence-corrected chi connectivity index (χ4v) is 4.78. The average molecular weight is 414 g/mol. The van der Waals surface area contributed by atoms with E-state index in [1.165, 1.54) is 18.1 Å². The predicted octanol–water partition coefficient (Wildman–Crippen LogP) is 2.74. The van der Waals surface area contributed by atoms with Crippen molar-refractivity contribution in [1.29, 1.82) is 0 Å². The standard InChI is InChI=1S/C20H22N4O4S/c1-12-11-29-18(21-12)15-5-3-7-23(15)19(26)13-9-14(20(27)28-2)22-16(10-13)24-8-4-6-17(24)25/h9-11,15H,3-8H2,1-2H3/t15-/m1/s1. The van der Waals surface area contributed by atoms with E-state index in [9.17, 15) is 14.4 Å². The number of hydrogen-bond donors (Lipinski definition) is 0. The first kappa shape index (κ1) is 19.5. The van der Waals surface area contributed by atoms with Gasteiger partial charge in [0.15, 0.2) is 5.69 Å². The molecule has 9 heteroatoms. The van der Waals surface area contributed by atoms with Gasteiger partial charge in [0.1, 0.15) is 10.8 Å². The van der Waals surface area contributed by atoms with Crippen LogP contribution in [0.3, 0.4) is 0 Å². The summed E-state index contributed by atoms with van der Waals surface area (Å²) < 4.78 is 4.80. The number of anilines is 1. The first-order valence-corrected chi connectivity index (χ1v) is 10.5. The van der Waals surface area contributed by atoms with Crippen LogP contribution in [0.4, 0.5) is 5.82 Å². The Bertz CT molecular complexity index is 973. The molecule has 0 aliphatic carbocycles. The van der Waals surface area contributed by atoms with E-state index in [0.717, 1.165) is 30.0 Å². The summed E-state index contributed by atoms with van der Waals surface area (Å²) >= 11 is 1.55. The second-order valence-corrected chi connectivity index (χ2v) is 8.11. The van der Waals surface area contributed by atoms with Crippen LogP contribution in [0.15, 0.2) is 17.5 Å². The third-order valence-electron chi connectivity index (χ3n) is 5.24. The highest BCUT2D eigenvalue weighted by Crippen LogP contribution is 2.35. The largest absolute Gasteiger partial charge is 0.464 e. The molecule has 2 aromatic heterocycles. The molecule has 4 rings (SSSR count). The average Bonchev–Trinajstić information content (AvgIpc) is 3.46. The number of carbonyl (C=O) groups is 3. The van der Waals surface area contributed by atoms with Crippen molar-refractivity contribution in [1.82, 2.24) is 14.9 Å². The molecule has 2 fully saturated rings. The van der Waals surface area contributed by atoms with Crippen LogP contribution in [-0.2, 0) is 9.53 Å². The maximum Gasteiger partial charge on any atom is 0.356 e. The summed E-state index contributed by atoms with van der Waals surface area (Å²) in [6, 6.07) is 2.97. The molecule has 0 saturated carbocycles. The van der Waals surface area contributed by atoms with Crippen molar-refractivity contribution in [3.63, 3.8) is 0 Å². The van der Waals surface area contributed by atoms with Gasteiger partial charge in [0.2, 0.25) is 5.91 Å². The molecule has 0 bridgehead atoms. The van der Waals surface area contributed by atoms with Crippen molar-refractivity contribution in [2.45, 2.75) is 38.6 Å². The summed E-state index contributed by atoms with van der Waals surface area (Å²) in [6.45, 7) is 3.08. The zero-order valence-corrected chi connectivity index (χ0v) is 17.2. The molecule has 29 heavy (non-hydrogen) atoms. The van der Waals surface area contributed by atoms with E-state index >= 15 is 0 Å². The quantitative estimate of drug-likeness (QED) is 0.715. The Morgan fingerprint density at radius 3 is 2.69 bits per heavy atom. The van der Waals surface area contributed by atoms with Gasteiger partial charge in [-0.1, -0.05) is 0 Å². The second kappa shape index (κ2) is 7.90. The van der Waals surface area contributed by atoms with Crippen LogP contribution in [0, 0.1) is 6.92 Å². The van der Waals surface area contributed by atoms with Gasteiger partial charge in [-0.25, -0.2) is 14.8 Å². The molecule has 152 valence electrons. The van der Waals surface area contributed by atoms with E-state index in [2.05, 4.69) is 9.97 Å². The number of likely N-dealkylation sites (tertiary alicyclic amines) is 1. The number of nitrogens with zero attached hydrogens (tertiary/aromatic N) is 4. The van der Waals surface area contributed by atoms with Crippen LogP contribution in [0.1, 0.15) is 63.3 Å². The van der Waals surface area contributed by atoms with E-state index in [4.69, 9.17) is 4.74 Å². The number of aryl methyl sites for hydroxylation is 1. The number of ether oxygens (including phenoxy) is 1. The molecule has 1 atom stereocenters. The molecule has 0 spiro atoms. The lowest BCUT2D eigenvalue weighted by molar-refractivity contribution is -0.117. The van der Waals surface area contributed by atoms with Crippen molar-refractivity contribution >= 4 is 34.9 Å². The van der Waals surface area contributed by atoms with E-state index in [-0.39, 0.29) is 23.6 Å². The monoisotopic (exact) mass is 414 g/mol. The number of aromatic nitrogens is 2. The van der Waals surface area contributed by atoms with Crippen molar-refractivity contribution in [3.8, 4) is 0 Å². The molecule has 2 aliphatic heterocycles. The topological polar surface area (TPSA) is 92.7 Å². The number of esters is 1. The summed E-state index contributed by atoms with van der Waals surface area (Å²) in [5.41, 5.74) is 1.29. The van der Waals surface area contributed by atoms with Gasteiger partial charge in [0.05, 0.1) is 13.2 Å². The Hall–Kier alpha value is -2.81. The minimum Gasteiger partial charge on any atom is -0.464 e.